The van der Waals surface area contributed by atoms with Crippen LogP contribution in [-0.2, 0) is 24.2 Å². The fourth-order valence-electron chi connectivity index (χ4n) is 2.32. The average molecular weight is 296 g/mol. The van der Waals surface area contributed by atoms with Crippen LogP contribution in [0.15, 0.2) is 54.6 Å². The van der Waals surface area contributed by atoms with E-state index < -0.39 is 0 Å². The fourth-order valence-corrected chi connectivity index (χ4v) is 2.32. The van der Waals surface area contributed by atoms with Gasteiger partial charge < -0.3 is 10.6 Å². The molecule has 0 spiro atoms. The second kappa shape index (κ2) is 9.00. The Morgan fingerprint density at radius 3 is 2.05 bits per heavy atom. The third kappa shape index (κ3) is 6.10. The third-order valence-electron chi connectivity index (χ3n) is 3.57. The molecule has 3 heteroatoms. The van der Waals surface area contributed by atoms with E-state index in [1.807, 2.05) is 0 Å². The van der Waals surface area contributed by atoms with Crippen LogP contribution in [0.3, 0.4) is 0 Å². The van der Waals surface area contributed by atoms with Gasteiger partial charge in [0.25, 0.3) is 0 Å². The van der Waals surface area contributed by atoms with Crippen LogP contribution in [0.2, 0.25) is 0 Å². The summed E-state index contributed by atoms with van der Waals surface area (Å²) in [7, 11) is 0. The molecular formula is C19H24N2O. The van der Waals surface area contributed by atoms with E-state index in [0.29, 0.717) is 6.54 Å². The van der Waals surface area contributed by atoms with E-state index in [9.17, 15) is 4.79 Å². The lowest BCUT2D eigenvalue weighted by molar-refractivity contribution is -0.118. The smallest absolute Gasteiger partial charge is 0.216 e. The van der Waals surface area contributed by atoms with Gasteiger partial charge in [0.1, 0.15) is 0 Å². The maximum absolute atomic E-state index is 10.7. The van der Waals surface area contributed by atoms with Crippen molar-refractivity contribution in [2.24, 2.45) is 0 Å². The number of rotatable bonds is 8. The van der Waals surface area contributed by atoms with Crippen LogP contribution >= 0.6 is 0 Å². The van der Waals surface area contributed by atoms with Gasteiger partial charge in [-0.05, 0) is 29.5 Å². The highest BCUT2D eigenvalue weighted by atomic mass is 16.1. The van der Waals surface area contributed by atoms with Gasteiger partial charge in [0.05, 0.1) is 0 Å². The lowest BCUT2D eigenvalue weighted by atomic mass is 10.0. The largest absolute Gasteiger partial charge is 0.355 e. The number of amides is 1. The van der Waals surface area contributed by atoms with Crippen LogP contribution in [0.25, 0.3) is 0 Å². The van der Waals surface area contributed by atoms with Gasteiger partial charge in [-0.1, -0.05) is 54.6 Å². The maximum atomic E-state index is 10.7. The average Bonchev–Trinajstić information content (AvgIpc) is 2.54. The van der Waals surface area contributed by atoms with Gasteiger partial charge in [0.15, 0.2) is 0 Å². The summed E-state index contributed by atoms with van der Waals surface area (Å²) in [6.45, 7) is 3.83. The summed E-state index contributed by atoms with van der Waals surface area (Å²) < 4.78 is 0. The fraction of sp³-hybridized carbons (Fsp3) is 0.316. The van der Waals surface area contributed by atoms with E-state index in [0.717, 1.165) is 25.9 Å². The zero-order valence-corrected chi connectivity index (χ0v) is 13.1. The molecule has 2 N–H and O–H groups in total. The first-order chi connectivity index (χ1) is 10.7. The number of hydrogen-bond acceptors (Lipinski definition) is 2. The summed E-state index contributed by atoms with van der Waals surface area (Å²) in [5.74, 6) is 0.0181. The third-order valence-corrected chi connectivity index (χ3v) is 3.57. The van der Waals surface area contributed by atoms with Crippen LogP contribution in [0.1, 0.15) is 23.6 Å². The summed E-state index contributed by atoms with van der Waals surface area (Å²) >= 11 is 0. The molecule has 0 fully saturated rings. The van der Waals surface area contributed by atoms with Crippen molar-refractivity contribution in [2.45, 2.75) is 26.3 Å². The molecule has 0 unspecified atom stereocenters. The quantitative estimate of drug-likeness (QED) is 0.735. The van der Waals surface area contributed by atoms with Crippen LogP contribution in [0, 0.1) is 0 Å². The second-order valence-corrected chi connectivity index (χ2v) is 5.46. The van der Waals surface area contributed by atoms with Crippen LogP contribution in [-0.4, -0.2) is 19.0 Å². The Morgan fingerprint density at radius 2 is 1.41 bits per heavy atom. The summed E-state index contributed by atoms with van der Waals surface area (Å²) in [5, 5.41) is 6.09. The van der Waals surface area contributed by atoms with E-state index in [-0.39, 0.29) is 5.91 Å². The molecule has 2 aromatic rings. The molecule has 0 heterocycles. The molecule has 1 amide bonds. The van der Waals surface area contributed by atoms with E-state index >= 15 is 0 Å². The minimum atomic E-state index is 0.0181. The first-order valence-electron chi connectivity index (χ1n) is 7.81. The Hall–Kier alpha value is -2.13. The van der Waals surface area contributed by atoms with E-state index in [4.69, 9.17) is 0 Å². The zero-order valence-electron chi connectivity index (χ0n) is 13.1. The Labute approximate surface area is 132 Å². The highest BCUT2D eigenvalue weighted by molar-refractivity contribution is 5.72. The first-order valence-corrected chi connectivity index (χ1v) is 7.81. The minimum absolute atomic E-state index is 0.0181. The van der Waals surface area contributed by atoms with Crippen molar-refractivity contribution in [3.63, 3.8) is 0 Å². The summed E-state index contributed by atoms with van der Waals surface area (Å²) in [6, 6.07) is 19.3. The monoisotopic (exact) mass is 296 g/mol. The molecule has 0 atom stereocenters. The van der Waals surface area contributed by atoms with Gasteiger partial charge in [-0.3, -0.25) is 4.79 Å². The molecule has 0 aliphatic rings. The Kier molecular flexibility index (Phi) is 6.65. The molecule has 116 valence electrons. The molecule has 2 aromatic carbocycles. The molecule has 0 aliphatic heterocycles. The molecule has 0 saturated heterocycles. The van der Waals surface area contributed by atoms with Crippen LogP contribution < -0.4 is 10.6 Å². The Balaban J connectivity index is 1.70. The van der Waals surface area contributed by atoms with E-state index in [1.54, 1.807) is 0 Å². The highest BCUT2D eigenvalue weighted by Gasteiger charge is 1.97. The molecule has 0 bridgehead atoms. The minimum Gasteiger partial charge on any atom is -0.355 e. The SMILES string of the molecule is CC(=O)NCCNCc1ccc(CCc2ccccc2)cc1. The number of carbonyl (C=O) groups is 1. The molecular weight excluding hydrogens is 272 g/mol. The summed E-state index contributed by atoms with van der Waals surface area (Å²) in [4.78, 5) is 10.7. The number of benzene rings is 2. The second-order valence-electron chi connectivity index (χ2n) is 5.46. The summed E-state index contributed by atoms with van der Waals surface area (Å²) in [5.41, 5.74) is 4.02. The van der Waals surface area contributed by atoms with Crippen molar-refractivity contribution < 1.29 is 4.79 Å². The highest BCUT2D eigenvalue weighted by Crippen LogP contribution is 2.09. The molecule has 3 nitrogen and oxygen atoms in total. The van der Waals surface area contributed by atoms with Crippen molar-refractivity contribution in [1.29, 1.82) is 0 Å². The predicted octanol–water partition coefficient (Wildman–Crippen LogP) is 2.70. The Bertz CT molecular complexity index is 564. The van der Waals surface area contributed by atoms with Gasteiger partial charge in [-0.15, -0.1) is 0 Å². The van der Waals surface area contributed by atoms with Gasteiger partial charge >= 0.3 is 0 Å². The van der Waals surface area contributed by atoms with E-state index in [1.165, 1.54) is 23.6 Å². The van der Waals surface area contributed by atoms with Gasteiger partial charge in [0, 0.05) is 26.6 Å². The van der Waals surface area contributed by atoms with Crippen molar-refractivity contribution in [2.75, 3.05) is 13.1 Å². The number of carbonyl (C=O) groups excluding carboxylic acids is 1. The molecule has 0 aliphatic carbocycles. The number of nitrogens with one attached hydrogen (secondary N) is 2. The van der Waals surface area contributed by atoms with Crippen molar-refractivity contribution in [1.82, 2.24) is 10.6 Å². The van der Waals surface area contributed by atoms with Gasteiger partial charge in [0.2, 0.25) is 5.91 Å². The lowest BCUT2D eigenvalue weighted by Gasteiger charge is -2.07. The zero-order chi connectivity index (χ0) is 15.6. The molecule has 2 rings (SSSR count). The number of hydrogen-bond donors (Lipinski definition) is 2. The van der Waals surface area contributed by atoms with Crippen LogP contribution in [0.5, 0.6) is 0 Å². The van der Waals surface area contributed by atoms with Crippen molar-refractivity contribution >= 4 is 5.91 Å². The molecule has 22 heavy (non-hydrogen) atoms. The molecule has 0 radical (unpaired) electrons. The maximum Gasteiger partial charge on any atom is 0.216 e. The standard InChI is InChI=1S/C19H24N2O/c1-16(22)21-14-13-20-15-19-11-9-18(10-12-19)8-7-17-5-3-2-4-6-17/h2-6,9-12,20H,7-8,13-15H2,1H3,(H,21,22). The van der Waals surface area contributed by atoms with E-state index in [2.05, 4.69) is 65.2 Å². The number of aryl methyl sites for hydroxylation is 2. The topological polar surface area (TPSA) is 41.1 Å². The Morgan fingerprint density at radius 1 is 0.818 bits per heavy atom. The van der Waals surface area contributed by atoms with Crippen LogP contribution in [0.4, 0.5) is 0 Å². The summed E-state index contributed by atoms with van der Waals surface area (Å²) in [6.07, 6.45) is 2.15. The normalized spacial score (nSPS) is 10.4. The van der Waals surface area contributed by atoms with Crippen molar-refractivity contribution in [3.8, 4) is 0 Å². The van der Waals surface area contributed by atoms with Gasteiger partial charge in [-0.2, -0.15) is 0 Å². The van der Waals surface area contributed by atoms with Gasteiger partial charge in [-0.25, -0.2) is 0 Å². The molecule has 0 saturated carbocycles. The first kappa shape index (κ1) is 16.2. The van der Waals surface area contributed by atoms with Crippen molar-refractivity contribution in [3.05, 3.63) is 71.3 Å². The lowest BCUT2D eigenvalue weighted by Crippen LogP contribution is -2.29. The predicted molar refractivity (Wildman–Crippen MR) is 90.7 cm³/mol. The molecule has 0 aromatic heterocycles.